The average Bonchev–Trinajstić information content (AvgIpc) is 3.13. The van der Waals surface area contributed by atoms with E-state index in [9.17, 15) is 4.79 Å². The number of carbonyl (C=O) groups is 1. The highest BCUT2D eigenvalue weighted by Gasteiger charge is 2.29. The average molecular weight is 332 g/mol. The molecule has 4 aromatic rings. The van der Waals surface area contributed by atoms with Crippen molar-refractivity contribution in [3.05, 3.63) is 59.5 Å². The van der Waals surface area contributed by atoms with Gasteiger partial charge in [0.2, 0.25) is 5.91 Å². The van der Waals surface area contributed by atoms with E-state index in [-0.39, 0.29) is 11.8 Å². The molecule has 0 bridgehead atoms. The first-order valence-electron chi connectivity index (χ1n) is 8.22. The van der Waals surface area contributed by atoms with Crippen LogP contribution in [0.25, 0.3) is 16.7 Å². The molecule has 1 aliphatic heterocycles. The molecule has 7 heteroatoms. The molecular weight excluding hydrogens is 316 g/mol. The third-order valence-corrected chi connectivity index (χ3v) is 4.85. The second-order valence-electron chi connectivity index (χ2n) is 6.37. The summed E-state index contributed by atoms with van der Waals surface area (Å²) in [6.45, 7) is 0.458. The zero-order chi connectivity index (χ0) is 17.0. The second-order valence-corrected chi connectivity index (χ2v) is 6.37. The van der Waals surface area contributed by atoms with Crippen molar-refractivity contribution in [2.45, 2.75) is 18.9 Å². The fraction of sp³-hybridized carbons (Fsp3) is 0.222. The molecule has 0 aliphatic carbocycles. The summed E-state index contributed by atoms with van der Waals surface area (Å²) in [7, 11) is 1.87. The molecule has 1 atom stereocenters. The first-order chi connectivity index (χ1) is 12.2. The van der Waals surface area contributed by atoms with Gasteiger partial charge in [-0.2, -0.15) is 0 Å². The van der Waals surface area contributed by atoms with E-state index in [0.717, 1.165) is 33.6 Å². The molecule has 4 heterocycles. The van der Waals surface area contributed by atoms with Gasteiger partial charge in [-0.3, -0.25) is 4.79 Å². The lowest BCUT2D eigenvalue weighted by Gasteiger charge is -2.15. The lowest BCUT2D eigenvalue weighted by molar-refractivity contribution is -0.121. The highest BCUT2D eigenvalue weighted by atomic mass is 16.1. The normalized spacial score (nSPS) is 17.5. The Kier molecular flexibility index (Phi) is 2.91. The van der Waals surface area contributed by atoms with Crippen LogP contribution in [-0.4, -0.2) is 30.3 Å². The molecule has 1 amide bonds. The van der Waals surface area contributed by atoms with Gasteiger partial charge in [0, 0.05) is 25.6 Å². The van der Waals surface area contributed by atoms with Gasteiger partial charge in [-0.15, -0.1) is 5.10 Å². The molecule has 1 N–H and O–H groups in total. The molecule has 124 valence electrons. The molecule has 0 fully saturated rings. The van der Waals surface area contributed by atoms with Crippen molar-refractivity contribution >= 4 is 22.6 Å². The smallest absolute Gasteiger partial charge is 0.221 e. The number of amides is 1. The number of aromatic nitrogens is 5. The number of imidazole rings is 1. The van der Waals surface area contributed by atoms with Gasteiger partial charge in [0.25, 0.3) is 0 Å². The summed E-state index contributed by atoms with van der Waals surface area (Å²) in [5.74, 6) is -0.0340. The van der Waals surface area contributed by atoms with Crippen LogP contribution >= 0.6 is 0 Å². The molecule has 0 unspecified atom stereocenters. The van der Waals surface area contributed by atoms with E-state index in [1.54, 1.807) is 4.68 Å². The van der Waals surface area contributed by atoms with Crippen LogP contribution in [0.5, 0.6) is 0 Å². The summed E-state index contributed by atoms with van der Waals surface area (Å²) in [5, 5.41) is 11.2. The maximum Gasteiger partial charge on any atom is 0.221 e. The molecule has 5 rings (SSSR count). The Morgan fingerprint density at radius 3 is 3.08 bits per heavy atom. The van der Waals surface area contributed by atoms with Crippen LogP contribution in [0.4, 0.5) is 0 Å². The lowest BCUT2D eigenvalue weighted by atomic mass is 9.91. The Labute approximate surface area is 143 Å². The Morgan fingerprint density at radius 1 is 1.24 bits per heavy atom. The van der Waals surface area contributed by atoms with Gasteiger partial charge in [0.05, 0.1) is 23.4 Å². The van der Waals surface area contributed by atoms with E-state index in [4.69, 9.17) is 4.98 Å². The number of hydrogen-bond acceptors (Lipinski definition) is 4. The number of nitrogens with one attached hydrogen (secondary N) is 1. The first-order valence-corrected chi connectivity index (χ1v) is 8.22. The monoisotopic (exact) mass is 332 g/mol. The van der Waals surface area contributed by atoms with Crippen LogP contribution in [-0.2, 0) is 18.4 Å². The van der Waals surface area contributed by atoms with Gasteiger partial charge in [0.15, 0.2) is 0 Å². The fourth-order valence-corrected chi connectivity index (χ4v) is 3.65. The van der Waals surface area contributed by atoms with Gasteiger partial charge in [0.1, 0.15) is 11.2 Å². The predicted octanol–water partition coefficient (Wildman–Crippen LogP) is 1.77. The van der Waals surface area contributed by atoms with Crippen molar-refractivity contribution < 1.29 is 4.79 Å². The third-order valence-electron chi connectivity index (χ3n) is 4.85. The van der Waals surface area contributed by atoms with Gasteiger partial charge < -0.3 is 9.72 Å². The summed E-state index contributed by atoms with van der Waals surface area (Å²) >= 11 is 0. The van der Waals surface area contributed by atoms with E-state index in [0.29, 0.717) is 13.0 Å². The van der Waals surface area contributed by atoms with E-state index in [2.05, 4.69) is 26.1 Å². The highest BCUT2D eigenvalue weighted by Crippen LogP contribution is 2.34. The molecule has 25 heavy (non-hydrogen) atoms. The number of benzene rings is 1. The fourth-order valence-electron chi connectivity index (χ4n) is 3.65. The van der Waals surface area contributed by atoms with Crippen molar-refractivity contribution in [3.63, 3.8) is 0 Å². The molecule has 0 saturated carbocycles. The van der Waals surface area contributed by atoms with Gasteiger partial charge in [-0.25, -0.2) is 9.67 Å². The van der Waals surface area contributed by atoms with Crippen LogP contribution < -0.4 is 5.32 Å². The SMILES string of the molecule is Cn1nnc2cc([C@H]3CC(=O)NCc4nc5ccccn5c43)ccc21. The summed E-state index contributed by atoms with van der Waals surface area (Å²) < 4.78 is 3.83. The number of hydrogen-bond donors (Lipinski definition) is 1. The second kappa shape index (κ2) is 5.14. The summed E-state index contributed by atoms with van der Waals surface area (Å²) in [5.41, 5.74) is 5.74. The maximum absolute atomic E-state index is 12.3. The first kappa shape index (κ1) is 14.2. The molecular formula is C18H16N6O. The van der Waals surface area contributed by atoms with Gasteiger partial charge in [-0.05, 0) is 29.8 Å². The Hall–Kier alpha value is -3.22. The minimum absolute atomic E-state index is 0.0342. The van der Waals surface area contributed by atoms with Crippen molar-refractivity contribution in [3.8, 4) is 0 Å². The number of aryl methyl sites for hydroxylation is 1. The Bertz CT molecular complexity index is 1130. The minimum Gasteiger partial charge on any atom is -0.350 e. The molecule has 1 aliphatic rings. The van der Waals surface area contributed by atoms with E-state index in [1.165, 1.54) is 0 Å². The van der Waals surface area contributed by atoms with Crippen molar-refractivity contribution in [1.82, 2.24) is 29.7 Å². The molecule has 0 saturated heterocycles. The molecule has 7 nitrogen and oxygen atoms in total. The maximum atomic E-state index is 12.3. The van der Waals surface area contributed by atoms with Gasteiger partial charge >= 0.3 is 0 Å². The molecule has 3 aromatic heterocycles. The third kappa shape index (κ3) is 2.12. The van der Waals surface area contributed by atoms with Crippen LogP contribution in [0.2, 0.25) is 0 Å². The van der Waals surface area contributed by atoms with Crippen LogP contribution in [0.15, 0.2) is 42.6 Å². The molecule has 0 spiro atoms. The summed E-state index contributed by atoms with van der Waals surface area (Å²) in [6, 6.07) is 12.0. The lowest BCUT2D eigenvalue weighted by Crippen LogP contribution is -2.21. The summed E-state index contributed by atoms with van der Waals surface area (Å²) in [6.07, 6.45) is 2.40. The number of carbonyl (C=O) groups excluding carboxylic acids is 1. The zero-order valence-corrected chi connectivity index (χ0v) is 13.7. The van der Waals surface area contributed by atoms with Crippen molar-refractivity contribution in [2.75, 3.05) is 0 Å². The Morgan fingerprint density at radius 2 is 2.16 bits per heavy atom. The number of pyridine rings is 1. The number of rotatable bonds is 1. The number of nitrogens with zero attached hydrogens (tertiary/aromatic N) is 5. The summed E-state index contributed by atoms with van der Waals surface area (Å²) in [4.78, 5) is 17.0. The largest absolute Gasteiger partial charge is 0.350 e. The zero-order valence-electron chi connectivity index (χ0n) is 13.7. The minimum atomic E-state index is -0.0682. The quantitative estimate of drug-likeness (QED) is 0.576. The van der Waals surface area contributed by atoms with Crippen LogP contribution in [0.1, 0.15) is 29.3 Å². The standard InChI is InChI=1S/C18H16N6O/c1-23-15-6-5-11(8-13(15)21-22-23)12-9-17(25)19-10-14-18(12)24-7-3-2-4-16(24)20-14/h2-8,12H,9-10H2,1H3,(H,19,25)/t12-/m1/s1. The van der Waals surface area contributed by atoms with Crippen molar-refractivity contribution in [1.29, 1.82) is 0 Å². The van der Waals surface area contributed by atoms with Crippen LogP contribution in [0.3, 0.4) is 0 Å². The predicted molar refractivity (Wildman–Crippen MR) is 92.0 cm³/mol. The molecule has 1 aromatic carbocycles. The molecule has 0 radical (unpaired) electrons. The van der Waals surface area contributed by atoms with E-state index >= 15 is 0 Å². The van der Waals surface area contributed by atoms with Gasteiger partial charge in [-0.1, -0.05) is 17.3 Å². The number of fused-ring (bicyclic) bond motifs is 4. The topological polar surface area (TPSA) is 77.1 Å². The van der Waals surface area contributed by atoms with Crippen LogP contribution in [0, 0.1) is 0 Å². The van der Waals surface area contributed by atoms with Crippen molar-refractivity contribution in [2.24, 2.45) is 7.05 Å². The van der Waals surface area contributed by atoms with E-state index < -0.39 is 0 Å². The Balaban J connectivity index is 1.74. The highest BCUT2D eigenvalue weighted by molar-refractivity contribution is 5.80. The van der Waals surface area contributed by atoms with E-state index in [1.807, 2.05) is 43.6 Å².